The number of hydrogen-bond donors (Lipinski definition) is 0. The maximum atomic E-state index is 13.7. The van der Waals surface area contributed by atoms with Crippen LogP contribution in [0.3, 0.4) is 0 Å². The fraction of sp³-hybridized carbons (Fsp3) is 0.154. The highest BCUT2D eigenvalue weighted by molar-refractivity contribution is 5.74. The van der Waals surface area contributed by atoms with Crippen LogP contribution < -0.4 is 0 Å². The number of nitrogens with zero attached hydrogens (tertiary/aromatic N) is 4. The molecule has 0 atom stereocenters. The molecule has 0 bridgehead atoms. The third-order valence-electron chi connectivity index (χ3n) is 3.09. The number of pyridine rings is 1. The minimum Gasteiger partial charge on any atom is -0.301 e. The summed E-state index contributed by atoms with van der Waals surface area (Å²) >= 11 is 0. The summed E-state index contributed by atoms with van der Waals surface area (Å²) in [6.07, 6.45) is 3.31. The molecular weight excluding hydrogens is 250 g/mol. The van der Waals surface area contributed by atoms with Crippen LogP contribution in [-0.4, -0.2) is 19.4 Å². The first-order valence-electron chi connectivity index (χ1n) is 5.70. The molecule has 0 N–H and O–H groups in total. The zero-order chi connectivity index (χ0) is 13.6. The molecule has 3 aromatic rings. The van der Waals surface area contributed by atoms with Gasteiger partial charge in [-0.05, 0) is 26.0 Å². The van der Waals surface area contributed by atoms with E-state index in [1.807, 2.05) is 18.2 Å². The van der Waals surface area contributed by atoms with Crippen LogP contribution in [0, 0.1) is 25.7 Å². The lowest BCUT2D eigenvalue weighted by atomic mass is 10.2. The molecule has 6 heteroatoms. The van der Waals surface area contributed by atoms with Gasteiger partial charge in [0.2, 0.25) is 11.9 Å². The second-order valence-electron chi connectivity index (χ2n) is 4.22. The van der Waals surface area contributed by atoms with Gasteiger partial charge in [-0.25, -0.2) is 4.98 Å². The molecule has 0 spiro atoms. The van der Waals surface area contributed by atoms with Crippen LogP contribution in [-0.2, 0) is 0 Å². The lowest BCUT2D eigenvalue weighted by Gasteiger charge is -2.04. The summed E-state index contributed by atoms with van der Waals surface area (Å²) in [6.45, 7) is 3.78. The summed E-state index contributed by atoms with van der Waals surface area (Å²) in [5.41, 5.74) is 2.81. The van der Waals surface area contributed by atoms with Crippen molar-refractivity contribution in [3.05, 3.63) is 47.8 Å². The molecule has 3 rings (SSSR count). The average molecular weight is 260 g/mol. The van der Waals surface area contributed by atoms with Crippen molar-refractivity contribution in [3.8, 4) is 11.3 Å². The molecule has 3 aromatic heterocycles. The Bertz CT molecular complexity index is 780. The highest BCUT2D eigenvalue weighted by Crippen LogP contribution is 2.25. The van der Waals surface area contributed by atoms with Crippen molar-refractivity contribution in [2.24, 2.45) is 0 Å². The zero-order valence-electron chi connectivity index (χ0n) is 10.4. The van der Waals surface area contributed by atoms with Crippen molar-refractivity contribution in [3.63, 3.8) is 0 Å². The van der Waals surface area contributed by atoms with E-state index in [-0.39, 0.29) is 5.56 Å². The third kappa shape index (κ3) is 1.76. The SMILES string of the molecule is Cc1nc2c(-c3ccc(F)nc3F)nccn2c1C. The van der Waals surface area contributed by atoms with Crippen LogP contribution in [0.2, 0.25) is 0 Å². The summed E-state index contributed by atoms with van der Waals surface area (Å²) in [7, 11) is 0. The highest BCUT2D eigenvalue weighted by Gasteiger charge is 2.15. The minimum atomic E-state index is -0.890. The van der Waals surface area contributed by atoms with Crippen molar-refractivity contribution in [1.82, 2.24) is 19.4 Å². The normalized spacial score (nSPS) is 11.2. The highest BCUT2D eigenvalue weighted by atomic mass is 19.1. The predicted molar refractivity (Wildman–Crippen MR) is 65.6 cm³/mol. The third-order valence-corrected chi connectivity index (χ3v) is 3.09. The summed E-state index contributed by atoms with van der Waals surface area (Å²) in [5.74, 6) is -1.75. The molecule has 96 valence electrons. The predicted octanol–water partition coefficient (Wildman–Crippen LogP) is 2.69. The first-order chi connectivity index (χ1) is 9.08. The zero-order valence-corrected chi connectivity index (χ0v) is 10.4. The lowest BCUT2D eigenvalue weighted by molar-refractivity contribution is 0.515. The molecule has 3 heterocycles. The molecule has 0 radical (unpaired) electrons. The average Bonchev–Trinajstić information content (AvgIpc) is 2.66. The summed E-state index contributed by atoms with van der Waals surface area (Å²) in [5, 5.41) is 0. The quantitative estimate of drug-likeness (QED) is 0.632. The van der Waals surface area contributed by atoms with Crippen LogP contribution in [0.1, 0.15) is 11.4 Å². The molecular formula is C13H10F2N4. The number of aryl methyl sites for hydroxylation is 2. The first kappa shape index (κ1) is 11.7. The topological polar surface area (TPSA) is 43.1 Å². The van der Waals surface area contributed by atoms with E-state index in [0.717, 1.165) is 17.5 Å². The van der Waals surface area contributed by atoms with Gasteiger partial charge in [-0.3, -0.25) is 4.98 Å². The summed E-state index contributed by atoms with van der Waals surface area (Å²) in [6, 6.07) is 2.42. The number of halogens is 2. The van der Waals surface area contributed by atoms with E-state index in [4.69, 9.17) is 0 Å². The molecule has 0 saturated heterocycles. The van der Waals surface area contributed by atoms with Crippen LogP contribution >= 0.6 is 0 Å². The maximum Gasteiger partial charge on any atom is 0.225 e. The van der Waals surface area contributed by atoms with E-state index >= 15 is 0 Å². The van der Waals surface area contributed by atoms with Crippen molar-refractivity contribution in [2.75, 3.05) is 0 Å². The van der Waals surface area contributed by atoms with Gasteiger partial charge in [-0.15, -0.1) is 0 Å². The monoisotopic (exact) mass is 260 g/mol. The molecule has 0 aliphatic carbocycles. The van der Waals surface area contributed by atoms with E-state index in [2.05, 4.69) is 15.0 Å². The van der Waals surface area contributed by atoms with Crippen LogP contribution in [0.4, 0.5) is 8.78 Å². The minimum absolute atomic E-state index is 0.136. The molecule has 0 aliphatic rings. The van der Waals surface area contributed by atoms with Crippen LogP contribution in [0.5, 0.6) is 0 Å². The van der Waals surface area contributed by atoms with Crippen molar-refractivity contribution in [1.29, 1.82) is 0 Å². The van der Waals surface area contributed by atoms with Gasteiger partial charge in [0.25, 0.3) is 0 Å². The maximum absolute atomic E-state index is 13.7. The van der Waals surface area contributed by atoms with Gasteiger partial charge in [0.1, 0.15) is 5.69 Å². The number of imidazole rings is 1. The fourth-order valence-electron chi connectivity index (χ4n) is 1.99. The van der Waals surface area contributed by atoms with Gasteiger partial charge in [0, 0.05) is 18.1 Å². The van der Waals surface area contributed by atoms with Gasteiger partial charge in [0.05, 0.1) is 11.3 Å². The van der Waals surface area contributed by atoms with Crippen LogP contribution in [0.15, 0.2) is 24.5 Å². The van der Waals surface area contributed by atoms with E-state index in [0.29, 0.717) is 11.3 Å². The van der Waals surface area contributed by atoms with Gasteiger partial charge in [0.15, 0.2) is 5.65 Å². The first-order valence-corrected chi connectivity index (χ1v) is 5.70. The Labute approximate surface area is 107 Å². The van der Waals surface area contributed by atoms with E-state index < -0.39 is 11.9 Å². The molecule has 0 aromatic carbocycles. The summed E-state index contributed by atoms with van der Waals surface area (Å²) in [4.78, 5) is 11.7. The Balaban J connectivity index is 2.33. The molecule has 0 saturated carbocycles. The van der Waals surface area contributed by atoms with Crippen LogP contribution in [0.25, 0.3) is 16.9 Å². The lowest BCUT2D eigenvalue weighted by Crippen LogP contribution is -1.97. The van der Waals surface area contributed by atoms with Gasteiger partial charge in [-0.2, -0.15) is 13.8 Å². The van der Waals surface area contributed by atoms with Gasteiger partial charge in [-0.1, -0.05) is 0 Å². The largest absolute Gasteiger partial charge is 0.301 e. The molecule has 4 nitrogen and oxygen atoms in total. The number of hydrogen-bond acceptors (Lipinski definition) is 3. The Morgan fingerprint density at radius 2 is 1.89 bits per heavy atom. The Morgan fingerprint density at radius 3 is 2.63 bits per heavy atom. The van der Waals surface area contributed by atoms with Gasteiger partial charge < -0.3 is 4.40 Å². The standard InChI is InChI=1S/C13H10F2N4/c1-7-8(2)19-6-5-16-11(13(19)17-7)9-3-4-10(14)18-12(9)15/h3-6H,1-2H3. The smallest absolute Gasteiger partial charge is 0.225 e. The Kier molecular flexibility index (Phi) is 2.51. The second-order valence-corrected chi connectivity index (χ2v) is 4.22. The molecule has 0 unspecified atom stereocenters. The Hall–Kier alpha value is -2.37. The summed E-state index contributed by atoms with van der Waals surface area (Å²) < 4.78 is 28.4. The second kappa shape index (κ2) is 4.08. The Morgan fingerprint density at radius 1 is 1.11 bits per heavy atom. The molecule has 0 amide bonds. The number of rotatable bonds is 1. The van der Waals surface area contributed by atoms with Crippen molar-refractivity contribution >= 4 is 5.65 Å². The molecule has 19 heavy (non-hydrogen) atoms. The molecule has 0 fully saturated rings. The van der Waals surface area contributed by atoms with Crippen molar-refractivity contribution in [2.45, 2.75) is 13.8 Å². The number of fused-ring (bicyclic) bond motifs is 1. The van der Waals surface area contributed by atoms with Crippen molar-refractivity contribution < 1.29 is 8.78 Å². The van der Waals surface area contributed by atoms with E-state index in [1.165, 1.54) is 6.07 Å². The fourth-order valence-corrected chi connectivity index (χ4v) is 1.99. The van der Waals surface area contributed by atoms with E-state index in [9.17, 15) is 8.78 Å². The number of aromatic nitrogens is 4. The molecule has 0 aliphatic heterocycles. The van der Waals surface area contributed by atoms with E-state index in [1.54, 1.807) is 12.4 Å². The van der Waals surface area contributed by atoms with Gasteiger partial charge >= 0.3 is 0 Å².